The summed E-state index contributed by atoms with van der Waals surface area (Å²) in [5.41, 5.74) is 2.02. The Balaban J connectivity index is 1.68. The summed E-state index contributed by atoms with van der Waals surface area (Å²) in [6, 6.07) is 22.0. The van der Waals surface area contributed by atoms with Gasteiger partial charge in [-0.25, -0.2) is 4.39 Å². The van der Waals surface area contributed by atoms with E-state index in [1.807, 2.05) is 30.3 Å². The summed E-state index contributed by atoms with van der Waals surface area (Å²) in [4.78, 5) is 0. The van der Waals surface area contributed by atoms with Crippen LogP contribution in [0.15, 0.2) is 72.8 Å². The van der Waals surface area contributed by atoms with E-state index >= 15 is 0 Å². The van der Waals surface area contributed by atoms with Crippen LogP contribution in [0.2, 0.25) is 5.02 Å². The van der Waals surface area contributed by atoms with E-state index in [0.29, 0.717) is 19.0 Å². The highest BCUT2D eigenvalue weighted by Gasteiger charge is 2.28. The summed E-state index contributed by atoms with van der Waals surface area (Å²) in [5.74, 6) is 0.408. The number of hydrogen-bond acceptors (Lipinski definition) is 2. The Labute approximate surface area is 177 Å². The molecule has 0 saturated carbocycles. The van der Waals surface area contributed by atoms with Gasteiger partial charge in [0.15, 0.2) is 11.6 Å². The molecule has 0 amide bonds. The maximum atomic E-state index is 14.2. The molecule has 0 N–H and O–H groups in total. The molecule has 0 aliphatic carbocycles. The highest BCUT2D eigenvalue weighted by Crippen LogP contribution is 2.33. The molecule has 0 aliphatic heterocycles. The molecule has 3 aromatic carbocycles. The molecule has 0 radical (unpaired) electrons. The first-order valence-corrected chi connectivity index (χ1v) is 10.3. The van der Waals surface area contributed by atoms with Crippen LogP contribution in [0.25, 0.3) is 0 Å². The number of benzene rings is 3. The molecule has 0 aliphatic rings. The van der Waals surface area contributed by atoms with E-state index in [9.17, 15) is 4.39 Å². The first-order valence-electron chi connectivity index (χ1n) is 9.91. The van der Waals surface area contributed by atoms with Crippen molar-refractivity contribution in [2.45, 2.75) is 38.7 Å². The van der Waals surface area contributed by atoms with Crippen molar-refractivity contribution in [3.63, 3.8) is 0 Å². The second kappa shape index (κ2) is 9.91. The third kappa shape index (κ3) is 5.37. The van der Waals surface area contributed by atoms with Gasteiger partial charge in [0.25, 0.3) is 0 Å². The van der Waals surface area contributed by atoms with Crippen LogP contribution in [0.4, 0.5) is 4.39 Å². The molecule has 29 heavy (non-hydrogen) atoms. The average molecular weight is 413 g/mol. The fraction of sp³-hybridized carbons (Fsp3) is 0.280. The molecule has 3 aromatic rings. The number of hydrogen-bond donors (Lipinski definition) is 0. The van der Waals surface area contributed by atoms with Crippen LogP contribution < -0.4 is 4.74 Å². The van der Waals surface area contributed by atoms with E-state index in [1.165, 1.54) is 11.6 Å². The minimum absolute atomic E-state index is 0.0754. The fourth-order valence-corrected chi connectivity index (χ4v) is 3.57. The summed E-state index contributed by atoms with van der Waals surface area (Å²) in [7, 11) is 0. The van der Waals surface area contributed by atoms with Gasteiger partial charge in [0.2, 0.25) is 0 Å². The Hall–Kier alpha value is -2.36. The first-order chi connectivity index (χ1) is 14.1. The van der Waals surface area contributed by atoms with Crippen molar-refractivity contribution < 1.29 is 13.9 Å². The van der Waals surface area contributed by atoms with E-state index in [-0.39, 0.29) is 11.2 Å². The maximum Gasteiger partial charge on any atom is 0.165 e. The van der Waals surface area contributed by atoms with Crippen LogP contribution in [0.1, 0.15) is 37.8 Å². The van der Waals surface area contributed by atoms with Gasteiger partial charge in [0, 0.05) is 10.4 Å². The predicted octanol–water partition coefficient (Wildman–Crippen LogP) is 7.55. The molecule has 2 nitrogen and oxygen atoms in total. The monoisotopic (exact) mass is 412 g/mol. The van der Waals surface area contributed by atoms with Gasteiger partial charge in [-0.2, -0.15) is 0 Å². The third-order valence-electron chi connectivity index (χ3n) is 5.42. The topological polar surface area (TPSA) is 18.5 Å². The standard InChI is InChI=1S/C25H26ClFO2/c1-3-25(4-2,20-11-13-21(26)14-12-20)18-28-17-19-10-15-23(27)24(16-19)29-22-8-6-5-7-9-22/h5-16H,3-4,17-18H2,1-2H3. The second-order valence-electron chi connectivity index (χ2n) is 7.17. The molecular weight excluding hydrogens is 387 g/mol. The Morgan fingerprint density at radius 3 is 2.24 bits per heavy atom. The molecule has 0 fully saturated rings. The van der Waals surface area contributed by atoms with Crippen LogP contribution in [-0.4, -0.2) is 6.61 Å². The van der Waals surface area contributed by atoms with Crippen molar-refractivity contribution in [1.82, 2.24) is 0 Å². The summed E-state index contributed by atoms with van der Waals surface area (Å²) >= 11 is 6.04. The van der Waals surface area contributed by atoms with E-state index in [1.54, 1.807) is 24.3 Å². The van der Waals surface area contributed by atoms with Crippen LogP contribution in [-0.2, 0) is 16.8 Å². The van der Waals surface area contributed by atoms with Crippen LogP contribution >= 0.6 is 11.6 Å². The van der Waals surface area contributed by atoms with Crippen molar-refractivity contribution >= 4 is 11.6 Å². The van der Waals surface area contributed by atoms with Gasteiger partial charge in [-0.3, -0.25) is 0 Å². The lowest BCUT2D eigenvalue weighted by atomic mass is 9.76. The molecule has 0 spiro atoms. The van der Waals surface area contributed by atoms with Crippen molar-refractivity contribution in [2.75, 3.05) is 6.61 Å². The van der Waals surface area contributed by atoms with Gasteiger partial charge in [-0.15, -0.1) is 0 Å². The van der Waals surface area contributed by atoms with E-state index in [2.05, 4.69) is 26.0 Å². The van der Waals surface area contributed by atoms with Crippen molar-refractivity contribution in [3.8, 4) is 11.5 Å². The summed E-state index contributed by atoms with van der Waals surface area (Å²) < 4.78 is 25.9. The van der Waals surface area contributed by atoms with Gasteiger partial charge < -0.3 is 9.47 Å². The van der Waals surface area contributed by atoms with Gasteiger partial charge >= 0.3 is 0 Å². The third-order valence-corrected chi connectivity index (χ3v) is 5.68. The van der Waals surface area contributed by atoms with Crippen molar-refractivity contribution in [3.05, 3.63) is 94.8 Å². The Morgan fingerprint density at radius 1 is 0.897 bits per heavy atom. The molecule has 3 rings (SSSR count). The lowest BCUT2D eigenvalue weighted by molar-refractivity contribution is 0.0661. The minimum atomic E-state index is -0.393. The number of ether oxygens (including phenoxy) is 2. The van der Waals surface area contributed by atoms with Crippen LogP contribution in [0.3, 0.4) is 0 Å². The minimum Gasteiger partial charge on any atom is -0.454 e. The van der Waals surface area contributed by atoms with Gasteiger partial charge in [0.1, 0.15) is 5.75 Å². The largest absolute Gasteiger partial charge is 0.454 e. The molecule has 0 aromatic heterocycles. The van der Waals surface area contributed by atoms with Crippen LogP contribution in [0.5, 0.6) is 11.5 Å². The van der Waals surface area contributed by atoms with Gasteiger partial charge in [-0.1, -0.05) is 61.8 Å². The number of rotatable bonds is 9. The molecule has 4 heteroatoms. The summed E-state index contributed by atoms with van der Waals surface area (Å²) in [5, 5.41) is 0.730. The fourth-order valence-electron chi connectivity index (χ4n) is 3.44. The normalized spacial score (nSPS) is 11.4. The maximum absolute atomic E-state index is 14.2. The zero-order chi connectivity index (χ0) is 20.7. The average Bonchev–Trinajstić information content (AvgIpc) is 2.75. The van der Waals surface area contributed by atoms with Crippen LogP contribution in [0, 0.1) is 5.82 Å². The smallest absolute Gasteiger partial charge is 0.165 e. The van der Waals surface area contributed by atoms with Crippen molar-refractivity contribution in [2.24, 2.45) is 0 Å². The molecule has 0 atom stereocenters. The molecule has 0 saturated heterocycles. The lowest BCUT2D eigenvalue weighted by Gasteiger charge is -2.32. The quantitative estimate of drug-likeness (QED) is 0.361. The summed E-state index contributed by atoms with van der Waals surface area (Å²) in [6.07, 6.45) is 1.91. The summed E-state index contributed by atoms with van der Waals surface area (Å²) in [6.45, 7) is 5.31. The second-order valence-corrected chi connectivity index (χ2v) is 7.60. The van der Waals surface area contributed by atoms with E-state index < -0.39 is 5.82 Å². The molecule has 0 heterocycles. The molecule has 152 valence electrons. The zero-order valence-corrected chi connectivity index (χ0v) is 17.6. The van der Waals surface area contributed by atoms with Gasteiger partial charge in [-0.05, 0) is 60.4 Å². The highest BCUT2D eigenvalue weighted by atomic mass is 35.5. The molecule has 0 bridgehead atoms. The first kappa shape index (κ1) is 21.4. The SMILES string of the molecule is CCC(CC)(COCc1ccc(F)c(Oc2ccccc2)c1)c1ccc(Cl)cc1. The molecule has 0 unspecified atom stereocenters. The zero-order valence-electron chi connectivity index (χ0n) is 16.8. The highest BCUT2D eigenvalue weighted by molar-refractivity contribution is 6.30. The predicted molar refractivity (Wildman–Crippen MR) is 116 cm³/mol. The lowest BCUT2D eigenvalue weighted by Crippen LogP contribution is -2.30. The number of halogens is 2. The molecular formula is C25H26ClFO2. The van der Waals surface area contributed by atoms with E-state index in [4.69, 9.17) is 21.1 Å². The van der Waals surface area contributed by atoms with Crippen molar-refractivity contribution in [1.29, 1.82) is 0 Å². The Kier molecular flexibility index (Phi) is 7.29. The Morgan fingerprint density at radius 2 is 1.59 bits per heavy atom. The number of para-hydroxylation sites is 1. The van der Waals surface area contributed by atoms with Gasteiger partial charge in [0.05, 0.1) is 13.2 Å². The Bertz CT molecular complexity index is 906. The van der Waals surface area contributed by atoms with E-state index in [0.717, 1.165) is 23.4 Å².